The van der Waals surface area contributed by atoms with E-state index in [4.69, 9.17) is 26.5 Å². The lowest BCUT2D eigenvalue weighted by Gasteiger charge is -2.17. The first-order valence-corrected chi connectivity index (χ1v) is 14.1. The molecule has 0 fully saturated rings. The summed E-state index contributed by atoms with van der Waals surface area (Å²) in [5.74, 6) is -1.25. The summed E-state index contributed by atoms with van der Waals surface area (Å²) in [7, 11) is -8.93. The number of aromatic amines is 1. The number of sulfonamides is 2. The molecule has 0 aliphatic heterocycles. The van der Waals surface area contributed by atoms with Gasteiger partial charge in [-0.2, -0.15) is 5.21 Å². The van der Waals surface area contributed by atoms with Gasteiger partial charge in [0.1, 0.15) is 9.79 Å². The van der Waals surface area contributed by atoms with Gasteiger partial charge in [0.05, 0.1) is 15.8 Å². The molecule has 0 radical (unpaired) electrons. The van der Waals surface area contributed by atoms with Gasteiger partial charge in [-0.1, -0.05) is 29.5 Å². The van der Waals surface area contributed by atoms with E-state index in [1.807, 2.05) is 0 Å². The molecule has 0 bridgehead atoms. The molecule has 2 aromatic heterocycles. The maximum Gasteiger partial charge on any atom is 0.241 e. The number of nitrogen functional groups attached to an aromatic ring is 1. The predicted molar refractivity (Wildman–Crippen MR) is 134 cm³/mol. The second kappa shape index (κ2) is 10.8. The van der Waals surface area contributed by atoms with E-state index in [1.165, 1.54) is 17.4 Å². The summed E-state index contributed by atoms with van der Waals surface area (Å²) in [6, 6.07) is 7.30. The number of H-pyrrole nitrogens is 1. The monoisotopic (exact) mass is 568 g/mol. The lowest BCUT2D eigenvalue weighted by atomic mass is 9.98. The average molecular weight is 569 g/mol. The Morgan fingerprint density at radius 1 is 1.19 bits per heavy atom. The van der Waals surface area contributed by atoms with Crippen LogP contribution in [0.1, 0.15) is 13.8 Å². The highest BCUT2D eigenvalue weighted by Crippen LogP contribution is 2.41. The van der Waals surface area contributed by atoms with Crippen LogP contribution < -0.4 is 26.4 Å². The Hall–Kier alpha value is -3.55. The van der Waals surface area contributed by atoms with Crippen LogP contribution in [0.3, 0.4) is 0 Å². The second-order valence-corrected chi connectivity index (χ2v) is 11.9. The van der Waals surface area contributed by atoms with Crippen molar-refractivity contribution in [2.75, 3.05) is 12.3 Å². The van der Waals surface area contributed by atoms with Crippen LogP contribution in [0, 0.1) is 0 Å². The molecule has 2 heterocycles. The van der Waals surface area contributed by atoms with Gasteiger partial charge in [0.15, 0.2) is 5.13 Å². The Morgan fingerprint density at radius 2 is 1.86 bits per heavy atom. The number of carboxylic acids is 1. The third kappa shape index (κ3) is 6.42. The first-order chi connectivity index (χ1) is 17.2. The van der Waals surface area contributed by atoms with E-state index in [0.29, 0.717) is 16.2 Å². The number of para-hydroxylation sites is 1. The van der Waals surface area contributed by atoms with Crippen molar-refractivity contribution >= 4 is 52.7 Å². The number of nitrogens with zero attached hydrogens (tertiary/aromatic N) is 4. The Bertz CT molecular complexity index is 1650. The fourth-order valence-corrected chi connectivity index (χ4v) is 6.78. The van der Waals surface area contributed by atoms with Crippen LogP contribution in [0.4, 0.5) is 5.13 Å². The maximum absolute atomic E-state index is 13.0. The van der Waals surface area contributed by atoms with Crippen LogP contribution in [0.15, 0.2) is 40.1 Å². The third-order valence-electron chi connectivity index (χ3n) is 4.59. The summed E-state index contributed by atoms with van der Waals surface area (Å²) in [4.78, 5) is 12.0. The minimum atomic E-state index is -4.61. The van der Waals surface area contributed by atoms with Gasteiger partial charge in [0, 0.05) is 24.1 Å². The normalized spacial score (nSPS) is 12.6. The topological polar surface area (TPSA) is 266 Å². The number of hydrogen-bond acceptors (Lipinski definition) is 13. The molecule has 18 heteroatoms. The van der Waals surface area contributed by atoms with Crippen LogP contribution in [-0.2, 0) is 24.8 Å². The number of thiazole rings is 1. The molecule has 4 rings (SSSR count). The lowest BCUT2D eigenvalue weighted by molar-refractivity contribution is -0.302. The molecule has 198 valence electrons. The number of benzene rings is 2. The van der Waals surface area contributed by atoms with Gasteiger partial charge in [-0.05, 0) is 36.8 Å². The molecule has 37 heavy (non-hydrogen) atoms. The Labute approximate surface area is 215 Å². The minimum absolute atomic E-state index is 0.122. The van der Waals surface area contributed by atoms with Crippen molar-refractivity contribution in [2.24, 2.45) is 10.9 Å². The Balaban J connectivity index is 0.000000886. The molecule has 8 N–H and O–H groups in total. The van der Waals surface area contributed by atoms with Crippen molar-refractivity contribution in [3.8, 4) is 22.5 Å². The number of carbonyl (C=O) groups is 1. The van der Waals surface area contributed by atoms with Crippen molar-refractivity contribution in [3.63, 3.8) is 0 Å². The number of rotatable bonds is 7. The van der Waals surface area contributed by atoms with Gasteiger partial charge in [-0.15, -0.1) is 10.2 Å². The number of anilines is 1. The average Bonchev–Trinajstić information content (AvgIpc) is 3.44. The van der Waals surface area contributed by atoms with Crippen molar-refractivity contribution in [1.29, 1.82) is 0 Å². The number of primary sulfonamides is 1. The molecule has 0 spiro atoms. The lowest BCUT2D eigenvalue weighted by Crippen LogP contribution is -2.36. The number of carbonyl (C=O) groups excluding carboxylic acids is 1. The van der Waals surface area contributed by atoms with E-state index in [-0.39, 0.29) is 23.5 Å². The molecule has 0 amide bonds. The summed E-state index contributed by atoms with van der Waals surface area (Å²) < 4.78 is 54.6. The van der Waals surface area contributed by atoms with E-state index in [9.17, 15) is 16.8 Å². The summed E-state index contributed by atoms with van der Waals surface area (Å²) in [5.41, 5.74) is 12.6. The van der Waals surface area contributed by atoms with Crippen molar-refractivity contribution in [2.45, 2.75) is 29.7 Å². The number of aliphatic carboxylic acids is 1. The molecule has 4 aromatic rings. The minimum Gasteiger partial charge on any atom is -0.550 e. The number of tetrazole rings is 1. The number of fused-ring (bicyclic) bond motifs is 1. The van der Waals surface area contributed by atoms with Crippen LogP contribution in [0.25, 0.3) is 32.7 Å². The van der Waals surface area contributed by atoms with Crippen LogP contribution in [-0.4, -0.2) is 61.0 Å². The number of hydrogen-bond donors (Lipinski definition) is 5. The van der Waals surface area contributed by atoms with Crippen molar-refractivity contribution < 1.29 is 26.7 Å². The first kappa shape index (κ1) is 28.0. The van der Waals surface area contributed by atoms with Gasteiger partial charge >= 0.3 is 0 Å². The van der Waals surface area contributed by atoms with E-state index in [0.717, 1.165) is 17.7 Å². The van der Waals surface area contributed by atoms with Crippen LogP contribution in [0.5, 0.6) is 0 Å². The molecule has 0 saturated heterocycles. The summed E-state index contributed by atoms with van der Waals surface area (Å²) in [5, 5.41) is 28.2. The molecule has 0 aliphatic rings. The number of nitrogens with one attached hydrogen (secondary N) is 2. The maximum atomic E-state index is 13.0. The summed E-state index contributed by atoms with van der Waals surface area (Å²) >= 11 is 1.25. The van der Waals surface area contributed by atoms with E-state index in [1.54, 1.807) is 25.1 Å². The fraction of sp³-hybridized carbons (Fsp3) is 0.211. The van der Waals surface area contributed by atoms with Crippen LogP contribution >= 0.6 is 11.3 Å². The quantitative estimate of drug-likeness (QED) is 0.175. The Morgan fingerprint density at radius 3 is 2.43 bits per heavy atom. The van der Waals surface area contributed by atoms with E-state index >= 15 is 0 Å². The number of carboxylic acid groups (broad SMARTS) is 1. The zero-order chi connectivity index (χ0) is 27.5. The largest absolute Gasteiger partial charge is 0.550 e. The van der Waals surface area contributed by atoms with Crippen molar-refractivity contribution in [3.05, 3.63) is 30.3 Å². The molecular formula is C19H22N9O6S3-. The molecule has 2 aromatic carbocycles. The SMILES string of the molecule is CC(=O)[O-].CC(N)CNS(=O)(=O)c1ccc(-c2cccc3sc(N)nc23)c(-c2nn[nH]n2)c1S(N)(=O)=O. The number of nitrogens with two attached hydrogens (primary N) is 3. The highest BCUT2D eigenvalue weighted by molar-refractivity contribution is 7.92. The van der Waals surface area contributed by atoms with Gasteiger partial charge < -0.3 is 21.4 Å². The standard InChI is InChI=1S/C17H19N9O4S3.C2H4O2/c1-8(18)7-21-33(29,30)12-6-5-9(10-3-2-4-11-14(10)22-17(19)31-11)13(15(12)32(20,27)28)16-23-25-26-24-16;1-2(3)4/h2-6,8,21H,7,18H2,1H3,(H2,19,22)(H2,20,27,28)(H,23,24,25,26);1H3,(H,3,4)/p-1. The molecule has 15 nitrogen and oxygen atoms in total. The number of aromatic nitrogens is 5. The zero-order valence-corrected chi connectivity index (χ0v) is 21.8. The Kier molecular flexibility index (Phi) is 8.20. The highest BCUT2D eigenvalue weighted by atomic mass is 32.2. The smallest absolute Gasteiger partial charge is 0.241 e. The highest BCUT2D eigenvalue weighted by Gasteiger charge is 2.32. The molecule has 1 unspecified atom stereocenters. The van der Waals surface area contributed by atoms with Gasteiger partial charge in [0.2, 0.25) is 25.9 Å². The predicted octanol–water partition coefficient (Wildman–Crippen LogP) is -1.25. The zero-order valence-electron chi connectivity index (χ0n) is 19.4. The fourth-order valence-electron chi connectivity index (χ4n) is 3.27. The molecule has 0 aliphatic carbocycles. The molecule has 0 saturated carbocycles. The van der Waals surface area contributed by atoms with Gasteiger partial charge in [-0.3, -0.25) is 0 Å². The van der Waals surface area contributed by atoms with E-state index < -0.39 is 41.8 Å². The molecular weight excluding hydrogens is 546 g/mol. The first-order valence-electron chi connectivity index (χ1n) is 10.2. The van der Waals surface area contributed by atoms with Gasteiger partial charge in [0.25, 0.3) is 0 Å². The summed E-state index contributed by atoms with van der Waals surface area (Å²) in [6.07, 6.45) is 0. The summed E-state index contributed by atoms with van der Waals surface area (Å²) in [6.45, 7) is 2.44. The second-order valence-electron chi connectivity index (χ2n) is 7.62. The van der Waals surface area contributed by atoms with Crippen LogP contribution in [0.2, 0.25) is 0 Å². The van der Waals surface area contributed by atoms with Gasteiger partial charge in [-0.25, -0.2) is 31.7 Å². The third-order valence-corrected chi connectivity index (χ3v) is 8.02. The van der Waals surface area contributed by atoms with E-state index in [2.05, 4.69) is 30.3 Å². The molecule has 1 atom stereocenters. The van der Waals surface area contributed by atoms with Crippen molar-refractivity contribution in [1.82, 2.24) is 30.3 Å².